The molecule has 1 N–H and O–H groups in total. The Morgan fingerprint density at radius 2 is 2.07 bits per heavy atom. The molecule has 2 heterocycles. The molecule has 6 nitrogen and oxygen atoms in total. The van der Waals surface area contributed by atoms with Crippen molar-refractivity contribution in [2.75, 3.05) is 5.43 Å². The van der Waals surface area contributed by atoms with E-state index >= 15 is 0 Å². The Morgan fingerprint density at radius 1 is 1.33 bits per heavy atom. The number of hydrogen-bond acceptors (Lipinski definition) is 4. The molecule has 1 amide bonds. The van der Waals surface area contributed by atoms with Crippen molar-refractivity contribution in [2.24, 2.45) is 0 Å². The van der Waals surface area contributed by atoms with E-state index in [1.807, 2.05) is 0 Å². The van der Waals surface area contributed by atoms with Crippen molar-refractivity contribution in [3.05, 3.63) is 41.7 Å². The maximum Gasteiger partial charge on any atom is 0.271 e. The van der Waals surface area contributed by atoms with Crippen LogP contribution in [0.1, 0.15) is 10.4 Å². The van der Waals surface area contributed by atoms with E-state index in [4.69, 9.17) is 11.6 Å². The second kappa shape index (κ2) is 4.05. The molecular formula is C8H6ClN5O. The van der Waals surface area contributed by atoms with Gasteiger partial charge in [-0.05, 0) is 12.1 Å². The number of rotatable bonds is 2. The molecule has 0 saturated heterocycles. The minimum absolute atomic E-state index is 0.307. The van der Waals surface area contributed by atoms with Gasteiger partial charge in [-0.15, -0.1) is 10.2 Å². The third kappa shape index (κ3) is 2.29. The van der Waals surface area contributed by atoms with Crippen molar-refractivity contribution >= 4 is 17.5 Å². The fraction of sp³-hybridized carbons (Fsp3) is 0. The van der Waals surface area contributed by atoms with Gasteiger partial charge in [-0.3, -0.25) is 10.2 Å². The minimum atomic E-state index is -0.307. The molecule has 15 heavy (non-hydrogen) atoms. The summed E-state index contributed by atoms with van der Waals surface area (Å²) in [5.74, 6) is -0.307. The van der Waals surface area contributed by atoms with Gasteiger partial charge in [-0.25, -0.2) is 9.66 Å². The smallest absolute Gasteiger partial charge is 0.267 e. The molecule has 0 radical (unpaired) electrons. The Bertz CT molecular complexity index is 452. The molecule has 0 saturated carbocycles. The zero-order valence-electron chi connectivity index (χ0n) is 7.46. The van der Waals surface area contributed by atoms with Crippen LogP contribution in [-0.2, 0) is 0 Å². The fourth-order valence-corrected chi connectivity index (χ4v) is 1.06. The molecule has 0 bridgehead atoms. The molecule has 7 heteroatoms. The van der Waals surface area contributed by atoms with Gasteiger partial charge >= 0.3 is 0 Å². The Hall–Kier alpha value is -1.95. The van der Waals surface area contributed by atoms with E-state index in [1.54, 1.807) is 12.1 Å². The first-order chi connectivity index (χ1) is 7.25. The maximum absolute atomic E-state index is 11.6. The van der Waals surface area contributed by atoms with Crippen molar-refractivity contribution in [1.29, 1.82) is 0 Å². The van der Waals surface area contributed by atoms with E-state index < -0.39 is 0 Å². The molecule has 2 aromatic rings. The van der Waals surface area contributed by atoms with E-state index in [0.717, 1.165) is 0 Å². The van der Waals surface area contributed by atoms with Crippen molar-refractivity contribution in [3.8, 4) is 0 Å². The summed E-state index contributed by atoms with van der Waals surface area (Å²) in [6, 6.07) is 3.12. The van der Waals surface area contributed by atoms with E-state index in [2.05, 4.69) is 20.6 Å². The molecule has 0 atom stereocenters. The topological polar surface area (TPSA) is 72.7 Å². The van der Waals surface area contributed by atoms with Gasteiger partial charge < -0.3 is 0 Å². The monoisotopic (exact) mass is 223 g/mol. The molecule has 0 unspecified atom stereocenters. The molecule has 0 fully saturated rings. The Kier molecular flexibility index (Phi) is 2.59. The number of halogens is 1. The van der Waals surface area contributed by atoms with Gasteiger partial charge in [0.05, 0.1) is 5.56 Å². The Balaban J connectivity index is 2.11. The highest BCUT2D eigenvalue weighted by molar-refractivity contribution is 6.29. The molecular weight excluding hydrogens is 218 g/mol. The zero-order valence-corrected chi connectivity index (χ0v) is 8.22. The number of aromatic nitrogens is 4. The second-order valence-electron chi connectivity index (χ2n) is 2.68. The maximum atomic E-state index is 11.6. The van der Waals surface area contributed by atoms with Gasteiger partial charge in [0.1, 0.15) is 17.8 Å². The molecule has 76 valence electrons. The van der Waals surface area contributed by atoms with E-state index in [0.29, 0.717) is 10.7 Å². The number of pyridine rings is 1. The van der Waals surface area contributed by atoms with Crippen LogP contribution in [0.15, 0.2) is 31.0 Å². The van der Waals surface area contributed by atoms with Gasteiger partial charge in [0, 0.05) is 6.20 Å². The number of hydrogen-bond donors (Lipinski definition) is 1. The van der Waals surface area contributed by atoms with Crippen LogP contribution in [-0.4, -0.2) is 25.8 Å². The van der Waals surface area contributed by atoms with Crippen LogP contribution in [0, 0.1) is 0 Å². The van der Waals surface area contributed by atoms with E-state index in [1.165, 1.54) is 23.5 Å². The lowest BCUT2D eigenvalue weighted by Crippen LogP contribution is -2.21. The zero-order chi connectivity index (χ0) is 10.7. The van der Waals surface area contributed by atoms with Crippen molar-refractivity contribution < 1.29 is 4.79 Å². The highest BCUT2D eigenvalue weighted by Crippen LogP contribution is 2.05. The third-order valence-corrected chi connectivity index (χ3v) is 1.86. The van der Waals surface area contributed by atoms with Crippen LogP contribution in [0.3, 0.4) is 0 Å². The van der Waals surface area contributed by atoms with Gasteiger partial charge in [0.25, 0.3) is 5.91 Å². The first-order valence-electron chi connectivity index (χ1n) is 4.03. The van der Waals surface area contributed by atoms with Crippen LogP contribution in [0.2, 0.25) is 5.15 Å². The number of carbonyl (C=O) groups excluding carboxylic acids is 1. The van der Waals surface area contributed by atoms with Crippen LogP contribution in [0.25, 0.3) is 0 Å². The first kappa shape index (κ1) is 9.60. The highest BCUT2D eigenvalue weighted by Gasteiger charge is 2.05. The van der Waals surface area contributed by atoms with Crippen molar-refractivity contribution in [2.45, 2.75) is 0 Å². The Morgan fingerprint density at radius 3 is 2.67 bits per heavy atom. The summed E-state index contributed by atoms with van der Waals surface area (Å²) in [7, 11) is 0. The molecule has 2 aromatic heterocycles. The SMILES string of the molecule is O=C(Nn1cnnc1)c1ccc(Cl)nc1. The van der Waals surface area contributed by atoms with Crippen LogP contribution in [0.4, 0.5) is 0 Å². The lowest BCUT2D eigenvalue weighted by Gasteiger charge is -2.03. The van der Waals surface area contributed by atoms with E-state index in [9.17, 15) is 4.79 Å². The normalized spacial score (nSPS) is 9.93. The number of nitrogens with one attached hydrogen (secondary N) is 1. The first-order valence-corrected chi connectivity index (χ1v) is 4.41. The van der Waals surface area contributed by atoms with Crippen molar-refractivity contribution in [3.63, 3.8) is 0 Å². The van der Waals surface area contributed by atoms with Gasteiger partial charge in [0.2, 0.25) is 0 Å². The minimum Gasteiger partial charge on any atom is -0.267 e. The van der Waals surface area contributed by atoms with Gasteiger partial charge in [-0.2, -0.15) is 0 Å². The predicted molar refractivity (Wildman–Crippen MR) is 53.0 cm³/mol. The predicted octanol–water partition coefficient (Wildman–Crippen LogP) is 0.710. The number of nitrogens with zero attached hydrogens (tertiary/aromatic N) is 4. The van der Waals surface area contributed by atoms with Crippen molar-refractivity contribution in [1.82, 2.24) is 19.9 Å². The summed E-state index contributed by atoms with van der Waals surface area (Å²) >= 11 is 5.59. The highest BCUT2D eigenvalue weighted by atomic mass is 35.5. The van der Waals surface area contributed by atoms with Gasteiger partial charge in [-0.1, -0.05) is 11.6 Å². The summed E-state index contributed by atoms with van der Waals surface area (Å²) in [5.41, 5.74) is 2.94. The fourth-order valence-electron chi connectivity index (χ4n) is 0.950. The number of amides is 1. The van der Waals surface area contributed by atoms with Crippen LogP contribution in [0.5, 0.6) is 0 Å². The average Bonchev–Trinajstić information content (AvgIpc) is 2.71. The van der Waals surface area contributed by atoms with E-state index in [-0.39, 0.29) is 5.91 Å². The molecule has 0 aliphatic rings. The third-order valence-electron chi connectivity index (χ3n) is 1.64. The summed E-state index contributed by atoms with van der Waals surface area (Å²) in [4.78, 5) is 15.3. The summed E-state index contributed by atoms with van der Waals surface area (Å²) in [6.45, 7) is 0. The Labute approximate surface area is 89.9 Å². The number of carbonyl (C=O) groups is 1. The summed E-state index contributed by atoms with van der Waals surface area (Å²) in [5, 5.41) is 7.43. The molecule has 0 spiro atoms. The largest absolute Gasteiger partial charge is 0.271 e. The second-order valence-corrected chi connectivity index (χ2v) is 3.07. The quantitative estimate of drug-likeness (QED) is 0.761. The summed E-state index contributed by atoms with van der Waals surface area (Å²) < 4.78 is 1.34. The van der Waals surface area contributed by atoms with Crippen LogP contribution >= 0.6 is 11.6 Å². The lowest BCUT2D eigenvalue weighted by atomic mass is 10.3. The van der Waals surface area contributed by atoms with Crippen LogP contribution < -0.4 is 5.43 Å². The molecule has 0 aliphatic carbocycles. The molecule has 0 aromatic carbocycles. The van der Waals surface area contributed by atoms with Gasteiger partial charge in [0.15, 0.2) is 0 Å². The average molecular weight is 224 g/mol. The summed E-state index contributed by atoms with van der Waals surface area (Å²) in [6.07, 6.45) is 4.14. The molecule has 0 aliphatic heterocycles. The lowest BCUT2D eigenvalue weighted by molar-refractivity contribution is 0.101. The molecule has 2 rings (SSSR count). The standard InChI is InChI=1S/C8H6ClN5O/c9-7-2-1-6(3-10-7)8(15)13-14-4-11-12-5-14/h1-5H,(H,13,15).